The lowest BCUT2D eigenvalue weighted by Gasteiger charge is -2.39. The van der Waals surface area contributed by atoms with Crippen molar-refractivity contribution >= 4 is 27.5 Å². The van der Waals surface area contributed by atoms with Gasteiger partial charge in [-0.15, -0.1) is 0 Å². The summed E-state index contributed by atoms with van der Waals surface area (Å²) in [6.07, 6.45) is 0. The highest BCUT2D eigenvalue weighted by molar-refractivity contribution is 7.89. The van der Waals surface area contributed by atoms with Crippen molar-refractivity contribution in [2.45, 2.75) is 11.3 Å². The zero-order chi connectivity index (χ0) is 21.7. The van der Waals surface area contributed by atoms with Gasteiger partial charge in [0.2, 0.25) is 10.0 Å². The molecule has 7 nitrogen and oxygen atoms in total. The number of nitrogens with one attached hydrogen (secondary N) is 1. The SMILES string of the molecule is C=C(Cl)C(c1ccccc1)S(=O)(=O)N1CCN(C(C(=O)NO)c2ccccc2)CC1. The van der Waals surface area contributed by atoms with Crippen LogP contribution in [0.15, 0.2) is 72.3 Å². The molecule has 1 aliphatic rings. The van der Waals surface area contributed by atoms with Gasteiger partial charge in [-0.3, -0.25) is 14.9 Å². The van der Waals surface area contributed by atoms with Gasteiger partial charge in [0.05, 0.1) is 0 Å². The predicted molar refractivity (Wildman–Crippen MR) is 115 cm³/mol. The van der Waals surface area contributed by atoms with Crippen molar-refractivity contribution in [2.24, 2.45) is 0 Å². The van der Waals surface area contributed by atoms with Crippen LogP contribution in [0.2, 0.25) is 0 Å². The normalized spacial score (nSPS) is 17.8. The monoisotopic (exact) mass is 449 g/mol. The molecular weight excluding hydrogens is 426 g/mol. The maximum atomic E-state index is 13.3. The fourth-order valence-electron chi connectivity index (χ4n) is 3.73. The smallest absolute Gasteiger partial charge is 0.265 e. The Hall–Kier alpha value is -2.23. The topological polar surface area (TPSA) is 90.0 Å². The lowest BCUT2D eigenvalue weighted by Crippen LogP contribution is -2.52. The number of sulfonamides is 1. The summed E-state index contributed by atoms with van der Waals surface area (Å²) < 4.78 is 28.0. The van der Waals surface area contributed by atoms with Crippen molar-refractivity contribution in [2.75, 3.05) is 26.2 Å². The zero-order valence-electron chi connectivity index (χ0n) is 16.3. The largest absolute Gasteiger partial charge is 0.289 e. The molecule has 0 radical (unpaired) electrons. The Morgan fingerprint density at radius 1 is 0.967 bits per heavy atom. The molecule has 1 amide bonds. The number of amides is 1. The van der Waals surface area contributed by atoms with Gasteiger partial charge in [0.1, 0.15) is 11.3 Å². The molecule has 0 spiro atoms. The molecule has 0 aliphatic carbocycles. The fourth-order valence-corrected chi connectivity index (χ4v) is 5.99. The van der Waals surface area contributed by atoms with E-state index in [1.807, 2.05) is 23.1 Å². The first-order chi connectivity index (χ1) is 14.4. The maximum absolute atomic E-state index is 13.3. The molecule has 1 saturated heterocycles. The molecular formula is C21H24ClN3O4S. The minimum Gasteiger partial charge on any atom is -0.289 e. The lowest BCUT2D eigenvalue weighted by atomic mass is 10.0. The summed E-state index contributed by atoms with van der Waals surface area (Å²) in [5.41, 5.74) is 2.99. The Kier molecular flexibility index (Phi) is 7.27. The second kappa shape index (κ2) is 9.72. The number of hydrogen-bond acceptors (Lipinski definition) is 5. The fraction of sp³-hybridized carbons (Fsp3) is 0.286. The molecule has 1 aliphatic heterocycles. The molecule has 0 aromatic heterocycles. The van der Waals surface area contributed by atoms with Gasteiger partial charge in [-0.05, 0) is 11.1 Å². The van der Waals surface area contributed by atoms with Crippen molar-refractivity contribution in [1.82, 2.24) is 14.7 Å². The molecule has 1 fully saturated rings. The molecule has 1 heterocycles. The third kappa shape index (κ3) is 4.74. The van der Waals surface area contributed by atoms with Gasteiger partial charge in [-0.1, -0.05) is 78.8 Å². The van der Waals surface area contributed by atoms with E-state index in [4.69, 9.17) is 11.6 Å². The third-order valence-corrected chi connectivity index (χ3v) is 7.74. The number of hydroxylamine groups is 1. The van der Waals surface area contributed by atoms with Gasteiger partial charge in [-0.25, -0.2) is 13.9 Å². The van der Waals surface area contributed by atoms with E-state index in [1.54, 1.807) is 47.9 Å². The van der Waals surface area contributed by atoms with Gasteiger partial charge in [0.25, 0.3) is 5.91 Å². The first-order valence-electron chi connectivity index (χ1n) is 9.47. The Labute approximate surface area is 181 Å². The zero-order valence-corrected chi connectivity index (χ0v) is 17.9. The molecule has 0 saturated carbocycles. The van der Waals surface area contributed by atoms with Gasteiger partial charge >= 0.3 is 0 Å². The summed E-state index contributed by atoms with van der Waals surface area (Å²) in [6.45, 7) is 4.71. The Morgan fingerprint density at radius 2 is 1.47 bits per heavy atom. The molecule has 0 bridgehead atoms. The van der Waals surface area contributed by atoms with E-state index < -0.39 is 27.2 Å². The van der Waals surface area contributed by atoms with E-state index in [0.717, 1.165) is 5.56 Å². The first kappa shape index (κ1) is 22.5. The summed E-state index contributed by atoms with van der Waals surface area (Å²) in [6, 6.07) is 17.1. The highest BCUT2D eigenvalue weighted by atomic mass is 35.5. The second-order valence-corrected chi connectivity index (χ2v) is 9.51. The molecule has 2 atom stereocenters. The molecule has 3 rings (SSSR count). The van der Waals surface area contributed by atoms with Crippen molar-refractivity contribution in [3.05, 3.63) is 83.4 Å². The Balaban J connectivity index is 1.79. The summed E-state index contributed by atoms with van der Waals surface area (Å²) in [4.78, 5) is 14.2. The highest BCUT2D eigenvalue weighted by Gasteiger charge is 2.38. The van der Waals surface area contributed by atoms with E-state index in [0.29, 0.717) is 18.7 Å². The van der Waals surface area contributed by atoms with Crippen molar-refractivity contribution in [3.63, 3.8) is 0 Å². The quantitative estimate of drug-likeness (QED) is 0.501. The summed E-state index contributed by atoms with van der Waals surface area (Å²) >= 11 is 6.11. The predicted octanol–water partition coefficient (Wildman–Crippen LogP) is 2.67. The number of carbonyl (C=O) groups is 1. The third-order valence-electron chi connectivity index (χ3n) is 5.16. The van der Waals surface area contributed by atoms with Crippen molar-refractivity contribution < 1.29 is 18.4 Å². The van der Waals surface area contributed by atoms with Gasteiger partial charge in [0, 0.05) is 31.2 Å². The molecule has 2 N–H and O–H groups in total. The van der Waals surface area contributed by atoms with E-state index in [2.05, 4.69) is 6.58 Å². The molecule has 2 aromatic rings. The average molecular weight is 450 g/mol. The van der Waals surface area contributed by atoms with Crippen LogP contribution in [0.25, 0.3) is 0 Å². The number of hydrogen-bond donors (Lipinski definition) is 2. The Bertz CT molecular complexity index is 978. The Morgan fingerprint density at radius 3 is 1.93 bits per heavy atom. The van der Waals surface area contributed by atoms with Gasteiger partial charge in [0.15, 0.2) is 0 Å². The lowest BCUT2D eigenvalue weighted by molar-refractivity contribution is -0.135. The molecule has 30 heavy (non-hydrogen) atoms. The number of nitrogens with zero attached hydrogens (tertiary/aromatic N) is 2. The van der Waals surface area contributed by atoms with Crippen LogP contribution in [0, 0.1) is 0 Å². The molecule has 2 unspecified atom stereocenters. The molecule has 160 valence electrons. The average Bonchev–Trinajstić information content (AvgIpc) is 2.75. The van der Waals surface area contributed by atoms with E-state index in [9.17, 15) is 18.4 Å². The second-order valence-electron chi connectivity index (χ2n) is 7.01. The van der Waals surface area contributed by atoms with Crippen LogP contribution in [-0.4, -0.2) is 54.9 Å². The number of piperazine rings is 1. The van der Waals surface area contributed by atoms with E-state index in [1.165, 1.54) is 4.31 Å². The minimum atomic E-state index is -3.79. The van der Waals surface area contributed by atoms with E-state index in [-0.39, 0.29) is 18.1 Å². The maximum Gasteiger partial charge on any atom is 0.265 e. The van der Waals surface area contributed by atoms with Crippen LogP contribution in [0.4, 0.5) is 0 Å². The number of carbonyl (C=O) groups excluding carboxylic acids is 1. The van der Waals surface area contributed by atoms with Crippen LogP contribution in [0.3, 0.4) is 0 Å². The van der Waals surface area contributed by atoms with Crippen LogP contribution in [-0.2, 0) is 14.8 Å². The summed E-state index contributed by atoms with van der Waals surface area (Å²) in [5.74, 6) is -0.561. The van der Waals surface area contributed by atoms with E-state index >= 15 is 0 Å². The number of halogens is 1. The minimum absolute atomic E-state index is 0.0328. The van der Waals surface area contributed by atoms with Crippen molar-refractivity contribution in [3.8, 4) is 0 Å². The van der Waals surface area contributed by atoms with Gasteiger partial charge in [-0.2, -0.15) is 4.31 Å². The first-order valence-corrected chi connectivity index (χ1v) is 11.4. The highest BCUT2D eigenvalue weighted by Crippen LogP contribution is 2.35. The molecule has 9 heteroatoms. The van der Waals surface area contributed by atoms with Crippen LogP contribution in [0.1, 0.15) is 22.4 Å². The number of benzene rings is 2. The van der Waals surface area contributed by atoms with Crippen LogP contribution in [0.5, 0.6) is 0 Å². The van der Waals surface area contributed by atoms with Crippen LogP contribution < -0.4 is 5.48 Å². The number of rotatable bonds is 7. The molecule has 2 aromatic carbocycles. The summed E-state index contributed by atoms with van der Waals surface area (Å²) in [7, 11) is -3.79. The van der Waals surface area contributed by atoms with Crippen LogP contribution >= 0.6 is 11.6 Å². The summed E-state index contributed by atoms with van der Waals surface area (Å²) in [5, 5.41) is 8.17. The van der Waals surface area contributed by atoms with Gasteiger partial charge < -0.3 is 0 Å². The van der Waals surface area contributed by atoms with Crippen molar-refractivity contribution in [1.29, 1.82) is 0 Å². The standard InChI is InChI=1S/C21H24ClN3O4S/c1-16(22)20(18-10-6-3-7-11-18)30(28,29)25-14-12-24(13-15-25)19(21(26)23-27)17-8-4-2-5-9-17/h2-11,19-20,27H,1,12-15H2,(H,23,26).